The van der Waals surface area contributed by atoms with Crippen molar-refractivity contribution in [3.05, 3.63) is 17.5 Å². The van der Waals surface area contributed by atoms with Gasteiger partial charge in [-0.2, -0.15) is 5.10 Å². The van der Waals surface area contributed by atoms with E-state index < -0.39 is 0 Å². The lowest BCUT2D eigenvalue weighted by molar-refractivity contribution is 0.0840. The molecule has 1 aliphatic heterocycles. The first-order chi connectivity index (χ1) is 9.22. The van der Waals surface area contributed by atoms with Crippen LogP contribution in [0.5, 0.6) is 0 Å². The van der Waals surface area contributed by atoms with E-state index in [9.17, 15) is 0 Å². The number of nitrogens with one attached hydrogen (secondary N) is 1. The Morgan fingerprint density at radius 1 is 1.37 bits per heavy atom. The van der Waals surface area contributed by atoms with Crippen molar-refractivity contribution in [1.82, 2.24) is 20.0 Å². The second kappa shape index (κ2) is 5.25. The Labute approximate surface area is 116 Å². The van der Waals surface area contributed by atoms with E-state index in [2.05, 4.69) is 42.5 Å². The molecule has 1 aromatic heterocycles. The fourth-order valence-electron chi connectivity index (χ4n) is 3.63. The van der Waals surface area contributed by atoms with Crippen molar-refractivity contribution in [3.8, 4) is 0 Å². The zero-order valence-corrected chi connectivity index (χ0v) is 12.4. The Morgan fingerprint density at radius 2 is 2.16 bits per heavy atom. The third-order valence-electron chi connectivity index (χ3n) is 4.87. The molecule has 0 amide bonds. The highest BCUT2D eigenvalue weighted by molar-refractivity contribution is 5.23. The average molecular weight is 262 g/mol. The number of nitrogens with zero attached hydrogens (tertiary/aromatic N) is 3. The molecule has 2 unspecified atom stereocenters. The molecule has 1 aromatic rings. The minimum atomic E-state index is 0.572. The van der Waals surface area contributed by atoms with Gasteiger partial charge in [-0.3, -0.25) is 9.58 Å². The summed E-state index contributed by atoms with van der Waals surface area (Å²) in [6.07, 6.45) is 7.56. The molecule has 2 aliphatic rings. The molecular weight excluding hydrogens is 236 g/mol. The van der Waals surface area contributed by atoms with E-state index in [1.54, 1.807) is 0 Å². The van der Waals surface area contributed by atoms with Gasteiger partial charge in [-0.15, -0.1) is 0 Å². The first-order valence-electron chi connectivity index (χ1n) is 7.61. The summed E-state index contributed by atoms with van der Waals surface area (Å²) >= 11 is 0. The summed E-state index contributed by atoms with van der Waals surface area (Å²) in [5, 5.41) is 7.86. The van der Waals surface area contributed by atoms with Crippen LogP contribution in [0.4, 0.5) is 0 Å². The highest BCUT2D eigenvalue weighted by Gasteiger charge is 2.41. The average Bonchev–Trinajstić information content (AvgIpc) is 3.19. The summed E-state index contributed by atoms with van der Waals surface area (Å²) in [5.74, 6) is 0.724. The quantitative estimate of drug-likeness (QED) is 0.899. The monoisotopic (exact) mass is 262 g/mol. The Balaban J connectivity index is 1.91. The third kappa shape index (κ3) is 2.43. The summed E-state index contributed by atoms with van der Waals surface area (Å²) in [6, 6.07) is 1.41. The molecule has 1 saturated carbocycles. The molecule has 1 N–H and O–H groups in total. The standard InChI is InChI=1S/C15H26N4/c1-11-14(10-17-18(11)3)15-12(9-16-2)5-4-8-19(15)13-6-7-13/h10,12-13,15-16H,4-9H2,1-3H3. The number of piperidine rings is 1. The van der Waals surface area contributed by atoms with Crippen molar-refractivity contribution >= 4 is 0 Å². The normalized spacial score (nSPS) is 28.8. The molecule has 0 spiro atoms. The van der Waals surface area contributed by atoms with Crippen molar-refractivity contribution in [3.63, 3.8) is 0 Å². The molecule has 2 atom stereocenters. The molecule has 2 fully saturated rings. The van der Waals surface area contributed by atoms with Gasteiger partial charge in [0.15, 0.2) is 0 Å². The molecule has 106 valence electrons. The van der Waals surface area contributed by atoms with Crippen molar-refractivity contribution in [1.29, 1.82) is 0 Å². The van der Waals surface area contributed by atoms with Crippen LogP contribution in [0.3, 0.4) is 0 Å². The third-order valence-corrected chi connectivity index (χ3v) is 4.87. The zero-order valence-electron chi connectivity index (χ0n) is 12.4. The van der Waals surface area contributed by atoms with Crippen LogP contribution in [-0.4, -0.2) is 40.9 Å². The van der Waals surface area contributed by atoms with Gasteiger partial charge in [-0.05, 0) is 58.7 Å². The number of aromatic nitrogens is 2. The van der Waals surface area contributed by atoms with Gasteiger partial charge in [0.25, 0.3) is 0 Å². The topological polar surface area (TPSA) is 33.1 Å². The SMILES string of the molecule is CNCC1CCCN(C2CC2)C1c1cnn(C)c1C. The van der Waals surface area contributed by atoms with Crippen LogP contribution in [0.2, 0.25) is 0 Å². The number of hydrogen-bond donors (Lipinski definition) is 1. The van der Waals surface area contributed by atoms with Gasteiger partial charge < -0.3 is 5.32 Å². The van der Waals surface area contributed by atoms with E-state index in [0.717, 1.165) is 18.5 Å². The summed E-state index contributed by atoms with van der Waals surface area (Å²) in [4.78, 5) is 2.76. The number of likely N-dealkylation sites (tertiary alicyclic amines) is 1. The lowest BCUT2D eigenvalue weighted by atomic mass is 9.84. The molecule has 0 aromatic carbocycles. The predicted molar refractivity (Wildman–Crippen MR) is 77.1 cm³/mol. The van der Waals surface area contributed by atoms with Crippen LogP contribution in [0.1, 0.15) is 43.0 Å². The highest BCUT2D eigenvalue weighted by Crippen LogP contribution is 2.43. The van der Waals surface area contributed by atoms with E-state index in [-0.39, 0.29) is 0 Å². The highest BCUT2D eigenvalue weighted by atomic mass is 15.3. The van der Waals surface area contributed by atoms with Crippen LogP contribution in [-0.2, 0) is 7.05 Å². The van der Waals surface area contributed by atoms with Crippen LogP contribution < -0.4 is 5.32 Å². The Kier molecular flexibility index (Phi) is 3.63. The molecule has 1 aliphatic carbocycles. The van der Waals surface area contributed by atoms with Crippen LogP contribution in [0.25, 0.3) is 0 Å². The second-order valence-electron chi connectivity index (χ2n) is 6.18. The largest absolute Gasteiger partial charge is 0.319 e. The van der Waals surface area contributed by atoms with Crippen molar-refractivity contribution in [2.24, 2.45) is 13.0 Å². The van der Waals surface area contributed by atoms with Crippen LogP contribution in [0.15, 0.2) is 6.20 Å². The van der Waals surface area contributed by atoms with E-state index in [1.807, 2.05) is 4.68 Å². The first-order valence-corrected chi connectivity index (χ1v) is 7.61. The predicted octanol–water partition coefficient (Wildman–Crippen LogP) is 1.86. The molecule has 4 heteroatoms. The minimum absolute atomic E-state index is 0.572. The molecule has 3 rings (SSSR count). The number of hydrogen-bond acceptors (Lipinski definition) is 3. The minimum Gasteiger partial charge on any atom is -0.319 e. The fraction of sp³-hybridized carbons (Fsp3) is 0.800. The van der Waals surface area contributed by atoms with Gasteiger partial charge in [-0.25, -0.2) is 0 Å². The maximum atomic E-state index is 4.47. The Bertz CT molecular complexity index is 433. The molecule has 19 heavy (non-hydrogen) atoms. The summed E-state index contributed by atoms with van der Waals surface area (Å²) in [5.41, 5.74) is 2.79. The lowest BCUT2D eigenvalue weighted by Crippen LogP contribution is -2.43. The van der Waals surface area contributed by atoms with Crippen LogP contribution in [0, 0.1) is 12.8 Å². The lowest BCUT2D eigenvalue weighted by Gasteiger charge is -2.41. The summed E-state index contributed by atoms with van der Waals surface area (Å²) in [6.45, 7) is 4.59. The molecule has 2 heterocycles. The van der Waals surface area contributed by atoms with E-state index in [0.29, 0.717) is 6.04 Å². The van der Waals surface area contributed by atoms with Crippen molar-refractivity contribution < 1.29 is 0 Å². The van der Waals surface area contributed by atoms with E-state index >= 15 is 0 Å². The van der Waals surface area contributed by atoms with Crippen molar-refractivity contribution in [2.75, 3.05) is 20.1 Å². The van der Waals surface area contributed by atoms with Gasteiger partial charge >= 0.3 is 0 Å². The fourth-order valence-corrected chi connectivity index (χ4v) is 3.63. The first kappa shape index (κ1) is 13.1. The Hall–Kier alpha value is -0.870. The summed E-state index contributed by atoms with van der Waals surface area (Å²) < 4.78 is 2.02. The van der Waals surface area contributed by atoms with E-state index in [4.69, 9.17) is 0 Å². The molecular formula is C15H26N4. The van der Waals surface area contributed by atoms with Gasteiger partial charge in [0, 0.05) is 30.4 Å². The second-order valence-corrected chi connectivity index (χ2v) is 6.18. The smallest absolute Gasteiger partial charge is 0.0540 e. The number of rotatable bonds is 4. The van der Waals surface area contributed by atoms with Gasteiger partial charge in [0.1, 0.15) is 0 Å². The van der Waals surface area contributed by atoms with Gasteiger partial charge in [-0.1, -0.05) is 0 Å². The molecule has 0 bridgehead atoms. The Morgan fingerprint density at radius 3 is 2.74 bits per heavy atom. The maximum absolute atomic E-state index is 4.47. The van der Waals surface area contributed by atoms with Gasteiger partial charge in [0.05, 0.1) is 6.20 Å². The molecule has 4 nitrogen and oxygen atoms in total. The molecule has 0 radical (unpaired) electrons. The molecule has 1 saturated heterocycles. The van der Waals surface area contributed by atoms with Crippen molar-refractivity contribution in [2.45, 2.75) is 44.7 Å². The maximum Gasteiger partial charge on any atom is 0.0540 e. The van der Waals surface area contributed by atoms with Gasteiger partial charge in [0.2, 0.25) is 0 Å². The van der Waals surface area contributed by atoms with Crippen LogP contribution >= 0.6 is 0 Å². The van der Waals surface area contributed by atoms with E-state index in [1.165, 1.54) is 43.5 Å². The summed E-state index contributed by atoms with van der Waals surface area (Å²) in [7, 11) is 4.12. The number of aryl methyl sites for hydroxylation is 1. The zero-order chi connectivity index (χ0) is 13.4.